The molecule has 3 aromatic rings. The van der Waals surface area contributed by atoms with Crippen LogP contribution < -0.4 is 4.72 Å². The fourth-order valence-electron chi connectivity index (χ4n) is 3.12. The van der Waals surface area contributed by atoms with Gasteiger partial charge in [-0.25, -0.2) is 18.1 Å². The average Bonchev–Trinajstić information content (AvgIpc) is 3.03. The van der Waals surface area contributed by atoms with Gasteiger partial charge in [0.25, 0.3) is 0 Å². The molecule has 0 amide bonds. The van der Waals surface area contributed by atoms with Crippen molar-refractivity contribution in [2.24, 2.45) is 0 Å². The van der Waals surface area contributed by atoms with Gasteiger partial charge >= 0.3 is 0 Å². The van der Waals surface area contributed by atoms with Gasteiger partial charge in [-0.15, -0.1) is 11.3 Å². The van der Waals surface area contributed by atoms with E-state index in [1.165, 1.54) is 11.3 Å². The molecule has 0 bridgehead atoms. The normalized spacial score (nSPS) is 11.7. The predicted octanol–water partition coefficient (Wildman–Crippen LogP) is 4.91. The number of aryl methyl sites for hydroxylation is 3. The van der Waals surface area contributed by atoms with Crippen LogP contribution in [-0.4, -0.2) is 19.9 Å². The zero-order chi connectivity index (χ0) is 19.6. The quantitative estimate of drug-likeness (QED) is 0.616. The summed E-state index contributed by atoms with van der Waals surface area (Å²) in [6, 6.07) is 11.3. The highest BCUT2D eigenvalue weighted by Gasteiger charge is 2.19. The minimum Gasteiger partial charge on any atom is -0.241 e. The van der Waals surface area contributed by atoms with Crippen LogP contribution in [0.25, 0.3) is 10.6 Å². The third kappa shape index (κ3) is 4.76. The van der Waals surface area contributed by atoms with Crippen molar-refractivity contribution in [3.05, 3.63) is 69.2 Å². The van der Waals surface area contributed by atoms with Crippen molar-refractivity contribution in [2.45, 2.75) is 32.1 Å². The maximum atomic E-state index is 12.7. The third-order valence-electron chi connectivity index (χ3n) is 4.19. The van der Waals surface area contributed by atoms with Gasteiger partial charge in [-0.05, 0) is 44.0 Å². The lowest BCUT2D eigenvalue weighted by Gasteiger charge is -2.12. The Morgan fingerprint density at radius 2 is 1.70 bits per heavy atom. The van der Waals surface area contributed by atoms with Crippen LogP contribution in [0, 0.1) is 20.8 Å². The molecule has 27 heavy (non-hydrogen) atoms. The molecule has 7 heteroatoms. The van der Waals surface area contributed by atoms with E-state index < -0.39 is 10.0 Å². The lowest BCUT2D eigenvalue weighted by atomic mass is 10.1. The van der Waals surface area contributed by atoms with Gasteiger partial charge in [-0.2, -0.15) is 0 Å². The van der Waals surface area contributed by atoms with E-state index in [1.54, 1.807) is 0 Å². The number of halogens is 1. The molecule has 0 saturated carbocycles. The van der Waals surface area contributed by atoms with E-state index in [0.717, 1.165) is 33.0 Å². The first-order chi connectivity index (χ1) is 12.8. The standard InChI is InChI=1S/C20H21ClN2O2S2/c1-13-10-14(2)19(15(3)11-13)27(24,25)22-9-8-18-12-26-20(23-18)16-4-6-17(21)7-5-16/h4-7,10-12,22H,8-9H2,1-3H3. The summed E-state index contributed by atoms with van der Waals surface area (Å²) in [5.74, 6) is 0. The largest absolute Gasteiger partial charge is 0.241 e. The van der Waals surface area contributed by atoms with Gasteiger partial charge in [-0.1, -0.05) is 41.4 Å². The highest BCUT2D eigenvalue weighted by molar-refractivity contribution is 7.89. The maximum Gasteiger partial charge on any atom is 0.241 e. The minimum atomic E-state index is -3.55. The van der Waals surface area contributed by atoms with Gasteiger partial charge in [0.1, 0.15) is 5.01 Å². The molecule has 0 aliphatic carbocycles. The Kier molecular flexibility index (Phi) is 6.01. The van der Waals surface area contributed by atoms with Gasteiger partial charge in [0.2, 0.25) is 10.0 Å². The van der Waals surface area contributed by atoms with Gasteiger partial charge in [0.05, 0.1) is 10.6 Å². The van der Waals surface area contributed by atoms with Crippen LogP contribution in [0.1, 0.15) is 22.4 Å². The molecular formula is C20H21ClN2O2S2. The summed E-state index contributed by atoms with van der Waals surface area (Å²) in [5.41, 5.74) is 4.45. The Hall–Kier alpha value is -1.73. The molecule has 1 heterocycles. The maximum absolute atomic E-state index is 12.7. The molecule has 1 N–H and O–H groups in total. The van der Waals surface area contributed by atoms with Crippen molar-refractivity contribution in [3.8, 4) is 10.6 Å². The second kappa shape index (κ2) is 8.10. The molecule has 4 nitrogen and oxygen atoms in total. The Balaban J connectivity index is 1.67. The molecule has 0 unspecified atom stereocenters. The number of rotatable bonds is 6. The van der Waals surface area contributed by atoms with Crippen LogP contribution in [0.15, 0.2) is 46.7 Å². The second-order valence-corrected chi connectivity index (χ2v) is 9.52. The number of hydrogen-bond donors (Lipinski definition) is 1. The fraction of sp³-hybridized carbons (Fsp3) is 0.250. The first-order valence-electron chi connectivity index (χ1n) is 8.54. The molecule has 0 radical (unpaired) electrons. The van der Waals surface area contributed by atoms with E-state index in [4.69, 9.17) is 11.6 Å². The first kappa shape index (κ1) is 20.0. The summed E-state index contributed by atoms with van der Waals surface area (Å²) < 4.78 is 28.1. The van der Waals surface area contributed by atoms with Gasteiger partial charge < -0.3 is 0 Å². The van der Waals surface area contributed by atoms with E-state index >= 15 is 0 Å². The Morgan fingerprint density at radius 1 is 1.07 bits per heavy atom. The van der Waals surface area contributed by atoms with E-state index in [1.807, 2.05) is 62.5 Å². The third-order valence-corrected chi connectivity index (χ3v) is 7.15. The summed E-state index contributed by atoms with van der Waals surface area (Å²) in [4.78, 5) is 4.96. The van der Waals surface area contributed by atoms with Crippen molar-refractivity contribution in [1.29, 1.82) is 0 Å². The average molecular weight is 421 g/mol. The molecule has 1 aromatic heterocycles. The van der Waals surface area contributed by atoms with Crippen LogP contribution in [0.4, 0.5) is 0 Å². The van der Waals surface area contributed by atoms with Crippen molar-refractivity contribution in [2.75, 3.05) is 6.54 Å². The van der Waals surface area contributed by atoms with Gasteiger partial charge in [0, 0.05) is 28.9 Å². The number of thiazole rings is 1. The summed E-state index contributed by atoms with van der Waals surface area (Å²) in [7, 11) is -3.55. The highest BCUT2D eigenvalue weighted by Crippen LogP contribution is 2.25. The summed E-state index contributed by atoms with van der Waals surface area (Å²) >= 11 is 7.45. The second-order valence-electron chi connectivity index (χ2n) is 6.53. The van der Waals surface area contributed by atoms with E-state index in [0.29, 0.717) is 22.9 Å². The van der Waals surface area contributed by atoms with E-state index in [-0.39, 0.29) is 0 Å². The molecule has 3 rings (SSSR count). The van der Waals surface area contributed by atoms with Gasteiger partial charge in [-0.3, -0.25) is 0 Å². The molecule has 0 fully saturated rings. The van der Waals surface area contributed by atoms with Gasteiger partial charge in [0.15, 0.2) is 0 Å². The van der Waals surface area contributed by atoms with Crippen LogP contribution in [-0.2, 0) is 16.4 Å². The Morgan fingerprint density at radius 3 is 2.33 bits per heavy atom. The SMILES string of the molecule is Cc1cc(C)c(S(=O)(=O)NCCc2csc(-c3ccc(Cl)cc3)n2)c(C)c1. The molecule has 0 atom stereocenters. The lowest BCUT2D eigenvalue weighted by molar-refractivity contribution is 0.580. The van der Waals surface area contributed by atoms with Crippen LogP contribution in [0.2, 0.25) is 5.02 Å². The molecule has 0 aliphatic rings. The molecule has 142 valence electrons. The predicted molar refractivity (Wildman–Crippen MR) is 112 cm³/mol. The molecule has 2 aromatic carbocycles. The number of benzene rings is 2. The molecule has 0 aliphatic heterocycles. The summed E-state index contributed by atoms with van der Waals surface area (Å²) in [6.45, 7) is 5.92. The summed E-state index contributed by atoms with van der Waals surface area (Å²) in [5, 5.41) is 3.54. The van der Waals surface area contributed by atoms with E-state index in [2.05, 4.69) is 9.71 Å². The zero-order valence-electron chi connectivity index (χ0n) is 15.4. The minimum absolute atomic E-state index is 0.304. The molecular weight excluding hydrogens is 400 g/mol. The molecule has 0 spiro atoms. The monoisotopic (exact) mass is 420 g/mol. The van der Waals surface area contributed by atoms with E-state index in [9.17, 15) is 8.42 Å². The van der Waals surface area contributed by atoms with Crippen LogP contribution >= 0.6 is 22.9 Å². The number of hydrogen-bond acceptors (Lipinski definition) is 4. The zero-order valence-corrected chi connectivity index (χ0v) is 17.8. The number of aromatic nitrogens is 1. The van der Waals surface area contributed by atoms with Crippen molar-refractivity contribution >= 4 is 33.0 Å². The van der Waals surface area contributed by atoms with Crippen LogP contribution in [0.5, 0.6) is 0 Å². The lowest BCUT2D eigenvalue weighted by Crippen LogP contribution is -2.27. The molecule has 0 saturated heterocycles. The number of sulfonamides is 1. The Labute approximate surface area is 169 Å². The van der Waals surface area contributed by atoms with Crippen LogP contribution in [0.3, 0.4) is 0 Å². The first-order valence-corrected chi connectivity index (χ1v) is 11.3. The smallest absolute Gasteiger partial charge is 0.241 e. The topological polar surface area (TPSA) is 59.1 Å². The fourth-order valence-corrected chi connectivity index (χ4v) is 5.59. The van der Waals surface area contributed by atoms with Crippen molar-refractivity contribution in [3.63, 3.8) is 0 Å². The Bertz CT molecular complexity index is 1030. The number of nitrogens with one attached hydrogen (secondary N) is 1. The van der Waals surface area contributed by atoms with Crippen molar-refractivity contribution in [1.82, 2.24) is 9.71 Å². The highest BCUT2D eigenvalue weighted by atomic mass is 35.5. The number of nitrogens with zero attached hydrogens (tertiary/aromatic N) is 1. The summed E-state index contributed by atoms with van der Waals surface area (Å²) in [6.07, 6.45) is 0.535. The van der Waals surface area contributed by atoms with Crippen molar-refractivity contribution < 1.29 is 8.42 Å².